The molecule has 0 saturated heterocycles. The number of ether oxygens (including phenoxy) is 1. The minimum atomic E-state index is 0.560. The van der Waals surface area contributed by atoms with Crippen LogP contribution >= 0.6 is 11.6 Å². The first kappa shape index (κ1) is 10.9. The number of rotatable bonds is 5. The second-order valence-electron chi connectivity index (χ2n) is 2.74. The van der Waals surface area contributed by atoms with Gasteiger partial charge in [0.2, 0.25) is 0 Å². The van der Waals surface area contributed by atoms with Gasteiger partial charge in [-0.15, -0.1) is 11.6 Å². The normalized spacial score (nSPS) is 10.4. The zero-order valence-electron chi connectivity index (χ0n) is 8.16. The van der Waals surface area contributed by atoms with Crippen molar-refractivity contribution in [3.8, 4) is 5.75 Å². The van der Waals surface area contributed by atoms with E-state index in [0.29, 0.717) is 5.88 Å². The van der Waals surface area contributed by atoms with E-state index in [4.69, 9.17) is 16.3 Å². The standard InChI is InChI=1S/C11H14ClNO/c1-14-11-6-4-10(5-7-11)13-9-3-2-8-12/h2-7,13H,8-9H2,1H3/b3-2+. The van der Waals surface area contributed by atoms with Crippen molar-refractivity contribution >= 4 is 17.3 Å². The van der Waals surface area contributed by atoms with Crippen molar-refractivity contribution in [1.29, 1.82) is 0 Å². The van der Waals surface area contributed by atoms with Crippen LogP contribution in [0, 0.1) is 0 Å². The van der Waals surface area contributed by atoms with Gasteiger partial charge in [-0.05, 0) is 24.3 Å². The second-order valence-corrected chi connectivity index (χ2v) is 3.04. The summed E-state index contributed by atoms with van der Waals surface area (Å²) in [5, 5.41) is 3.23. The molecule has 1 aromatic carbocycles. The van der Waals surface area contributed by atoms with E-state index in [-0.39, 0.29) is 0 Å². The Balaban J connectivity index is 2.40. The van der Waals surface area contributed by atoms with Crippen molar-refractivity contribution in [1.82, 2.24) is 0 Å². The third-order valence-electron chi connectivity index (χ3n) is 1.77. The summed E-state index contributed by atoms with van der Waals surface area (Å²) in [5.74, 6) is 1.43. The monoisotopic (exact) mass is 211 g/mol. The quantitative estimate of drug-likeness (QED) is 0.598. The highest BCUT2D eigenvalue weighted by molar-refractivity contribution is 6.18. The summed E-state index contributed by atoms with van der Waals surface area (Å²) in [4.78, 5) is 0. The van der Waals surface area contributed by atoms with Crippen molar-refractivity contribution in [3.63, 3.8) is 0 Å². The van der Waals surface area contributed by atoms with Crippen molar-refractivity contribution in [2.24, 2.45) is 0 Å². The molecule has 0 atom stereocenters. The Bertz CT molecular complexity index is 282. The maximum Gasteiger partial charge on any atom is 0.119 e. The number of alkyl halides is 1. The summed E-state index contributed by atoms with van der Waals surface area (Å²) in [6.45, 7) is 0.791. The minimum absolute atomic E-state index is 0.560. The van der Waals surface area contributed by atoms with E-state index in [0.717, 1.165) is 18.0 Å². The largest absolute Gasteiger partial charge is 0.497 e. The number of hydrogen-bond donors (Lipinski definition) is 1. The predicted octanol–water partition coefficient (Wildman–Crippen LogP) is 2.90. The number of methoxy groups -OCH3 is 1. The van der Waals surface area contributed by atoms with E-state index in [1.165, 1.54) is 0 Å². The number of halogens is 1. The summed E-state index contributed by atoms with van der Waals surface area (Å²) >= 11 is 5.49. The summed E-state index contributed by atoms with van der Waals surface area (Å²) in [7, 11) is 1.66. The Morgan fingerprint density at radius 3 is 2.57 bits per heavy atom. The minimum Gasteiger partial charge on any atom is -0.497 e. The second kappa shape index (κ2) is 6.33. The molecule has 14 heavy (non-hydrogen) atoms. The Kier molecular flexibility index (Phi) is 4.94. The lowest BCUT2D eigenvalue weighted by atomic mass is 10.3. The van der Waals surface area contributed by atoms with Crippen molar-refractivity contribution < 1.29 is 4.74 Å². The molecule has 0 aliphatic rings. The summed E-state index contributed by atoms with van der Waals surface area (Å²) in [6, 6.07) is 7.81. The zero-order valence-corrected chi connectivity index (χ0v) is 8.92. The zero-order chi connectivity index (χ0) is 10.2. The lowest BCUT2D eigenvalue weighted by Gasteiger charge is -2.04. The average Bonchev–Trinajstić information content (AvgIpc) is 2.25. The van der Waals surface area contributed by atoms with Crippen LogP contribution in [-0.2, 0) is 0 Å². The van der Waals surface area contributed by atoms with Crippen LogP contribution in [0.1, 0.15) is 0 Å². The number of nitrogens with one attached hydrogen (secondary N) is 1. The highest BCUT2D eigenvalue weighted by Crippen LogP contribution is 2.14. The van der Waals surface area contributed by atoms with Crippen LogP contribution in [0.5, 0.6) is 5.75 Å². The number of hydrogen-bond acceptors (Lipinski definition) is 2. The van der Waals surface area contributed by atoms with Crippen molar-refractivity contribution in [2.75, 3.05) is 24.9 Å². The highest BCUT2D eigenvalue weighted by atomic mass is 35.5. The molecule has 76 valence electrons. The van der Waals surface area contributed by atoms with Crippen LogP contribution in [0.3, 0.4) is 0 Å². The molecular weight excluding hydrogens is 198 g/mol. The Labute approximate surface area is 89.5 Å². The molecule has 0 aromatic heterocycles. The van der Waals surface area contributed by atoms with Gasteiger partial charge in [0, 0.05) is 18.1 Å². The van der Waals surface area contributed by atoms with Gasteiger partial charge < -0.3 is 10.1 Å². The number of allylic oxidation sites excluding steroid dienone is 1. The molecule has 0 radical (unpaired) electrons. The molecule has 0 amide bonds. The molecule has 1 rings (SSSR count). The SMILES string of the molecule is COc1ccc(NC/C=C/CCl)cc1. The van der Waals surface area contributed by atoms with Gasteiger partial charge in [0.15, 0.2) is 0 Å². The molecule has 3 heteroatoms. The van der Waals surface area contributed by atoms with Gasteiger partial charge in [-0.3, -0.25) is 0 Å². The molecule has 0 saturated carbocycles. The first-order valence-electron chi connectivity index (χ1n) is 4.45. The Hall–Kier alpha value is -1.15. The van der Waals surface area contributed by atoms with Gasteiger partial charge in [0.1, 0.15) is 5.75 Å². The molecule has 0 heterocycles. The molecular formula is C11H14ClNO. The molecule has 1 aromatic rings. The fourth-order valence-corrected chi connectivity index (χ4v) is 1.16. The van der Waals surface area contributed by atoms with Crippen molar-refractivity contribution in [2.45, 2.75) is 0 Å². The molecule has 0 spiro atoms. The van der Waals surface area contributed by atoms with Crippen LogP contribution < -0.4 is 10.1 Å². The van der Waals surface area contributed by atoms with Gasteiger partial charge in [-0.25, -0.2) is 0 Å². The fourth-order valence-electron chi connectivity index (χ4n) is 1.03. The van der Waals surface area contributed by atoms with E-state index >= 15 is 0 Å². The van der Waals surface area contributed by atoms with Gasteiger partial charge >= 0.3 is 0 Å². The maximum absolute atomic E-state index is 5.49. The van der Waals surface area contributed by atoms with Gasteiger partial charge in [-0.1, -0.05) is 12.2 Å². The van der Waals surface area contributed by atoms with E-state index in [9.17, 15) is 0 Å². The summed E-state index contributed by atoms with van der Waals surface area (Å²) in [5.41, 5.74) is 1.07. The van der Waals surface area contributed by atoms with Crippen LogP contribution in [0.15, 0.2) is 36.4 Å². The molecule has 0 unspecified atom stereocenters. The summed E-state index contributed by atoms with van der Waals surface area (Å²) in [6.07, 6.45) is 3.91. The predicted molar refractivity (Wildman–Crippen MR) is 61.3 cm³/mol. The third-order valence-corrected chi connectivity index (χ3v) is 1.95. The topological polar surface area (TPSA) is 21.3 Å². The van der Waals surface area contributed by atoms with E-state index < -0.39 is 0 Å². The molecule has 0 bridgehead atoms. The van der Waals surface area contributed by atoms with Crippen LogP contribution in [0.2, 0.25) is 0 Å². The molecule has 0 aliphatic heterocycles. The lowest BCUT2D eigenvalue weighted by Crippen LogP contribution is -1.97. The smallest absolute Gasteiger partial charge is 0.119 e. The molecule has 1 N–H and O–H groups in total. The van der Waals surface area contributed by atoms with Crippen LogP contribution in [-0.4, -0.2) is 19.5 Å². The van der Waals surface area contributed by atoms with Gasteiger partial charge in [0.05, 0.1) is 7.11 Å². The van der Waals surface area contributed by atoms with Crippen LogP contribution in [0.25, 0.3) is 0 Å². The molecule has 0 aliphatic carbocycles. The lowest BCUT2D eigenvalue weighted by molar-refractivity contribution is 0.415. The Morgan fingerprint density at radius 1 is 1.29 bits per heavy atom. The summed E-state index contributed by atoms with van der Waals surface area (Å²) < 4.78 is 5.05. The third kappa shape index (κ3) is 3.71. The number of anilines is 1. The average molecular weight is 212 g/mol. The van der Waals surface area contributed by atoms with Gasteiger partial charge in [-0.2, -0.15) is 0 Å². The van der Waals surface area contributed by atoms with E-state index in [2.05, 4.69) is 5.32 Å². The highest BCUT2D eigenvalue weighted by Gasteiger charge is 1.90. The van der Waals surface area contributed by atoms with E-state index in [1.54, 1.807) is 7.11 Å². The van der Waals surface area contributed by atoms with Gasteiger partial charge in [0.25, 0.3) is 0 Å². The Morgan fingerprint density at radius 2 is 2.00 bits per heavy atom. The van der Waals surface area contributed by atoms with E-state index in [1.807, 2.05) is 36.4 Å². The first-order valence-corrected chi connectivity index (χ1v) is 4.99. The van der Waals surface area contributed by atoms with Crippen molar-refractivity contribution in [3.05, 3.63) is 36.4 Å². The fraction of sp³-hybridized carbons (Fsp3) is 0.273. The molecule has 0 fully saturated rings. The maximum atomic E-state index is 5.49. The molecule has 2 nitrogen and oxygen atoms in total. The number of benzene rings is 1. The first-order chi connectivity index (χ1) is 6.86. The van der Waals surface area contributed by atoms with Crippen LogP contribution in [0.4, 0.5) is 5.69 Å².